The van der Waals surface area contributed by atoms with Crippen molar-refractivity contribution < 1.29 is 14.1 Å². The highest BCUT2D eigenvalue weighted by molar-refractivity contribution is 7.17. The lowest BCUT2D eigenvalue weighted by Gasteiger charge is -2.04. The topological polar surface area (TPSA) is 77.2 Å². The molecular formula is C20H23N3O3S. The van der Waals surface area contributed by atoms with E-state index in [0.29, 0.717) is 35.3 Å². The van der Waals surface area contributed by atoms with E-state index in [1.807, 2.05) is 50.2 Å². The average molecular weight is 385 g/mol. The van der Waals surface area contributed by atoms with Gasteiger partial charge in [-0.15, -0.1) is 11.3 Å². The van der Waals surface area contributed by atoms with Crippen molar-refractivity contribution in [3.8, 4) is 16.2 Å². The highest BCUT2D eigenvalue weighted by Gasteiger charge is 2.18. The van der Waals surface area contributed by atoms with E-state index >= 15 is 0 Å². The van der Waals surface area contributed by atoms with Crippen LogP contribution in [0.4, 0.5) is 0 Å². The molecule has 0 saturated heterocycles. The van der Waals surface area contributed by atoms with Crippen LogP contribution in [0.5, 0.6) is 5.75 Å². The van der Waals surface area contributed by atoms with E-state index in [1.54, 1.807) is 7.11 Å². The molecule has 27 heavy (non-hydrogen) atoms. The second kappa shape index (κ2) is 8.81. The van der Waals surface area contributed by atoms with Crippen LogP contribution in [0.15, 0.2) is 40.9 Å². The lowest BCUT2D eigenvalue weighted by atomic mass is 10.2. The van der Waals surface area contributed by atoms with Gasteiger partial charge in [0, 0.05) is 23.8 Å². The molecule has 3 rings (SSSR count). The predicted octanol–water partition coefficient (Wildman–Crippen LogP) is 4.29. The van der Waals surface area contributed by atoms with Crippen LogP contribution in [0.25, 0.3) is 10.4 Å². The molecule has 7 heteroatoms. The van der Waals surface area contributed by atoms with Gasteiger partial charge in [-0.2, -0.15) is 4.98 Å². The van der Waals surface area contributed by atoms with Crippen molar-refractivity contribution in [1.29, 1.82) is 0 Å². The zero-order valence-electron chi connectivity index (χ0n) is 15.7. The lowest BCUT2D eigenvalue weighted by Crippen LogP contribution is -2.24. The number of hydrogen-bond acceptors (Lipinski definition) is 6. The minimum absolute atomic E-state index is 0.132. The van der Waals surface area contributed by atoms with Crippen molar-refractivity contribution in [3.63, 3.8) is 0 Å². The van der Waals surface area contributed by atoms with Crippen LogP contribution in [0.3, 0.4) is 0 Å². The number of methoxy groups -OCH3 is 1. The van der Waals surface area contributed by atoms with E-state index in [4.69, 9.17) is 9.26 Å². The number of aryl methyl sites for hydroxylation is 1. The standard InChI is InChI=1S/C20H23N3O3S/c1-13(2)19-22-17(26-23-19)10-7-11-21-20(24)18-15(25-3)12-16(27-18)14-8-5-4-6-9-14/h4-6,8-9,12-13H,7,10-11H2,1-3H3,(H,21,24). The van der Waals surface area contributed by atoms with E-state index in [0.717, 1.165) is 16.9 Å². The molecule has 6 nitrogen and oxygen atoms in total. The number of nitrogens with one attached hydrogen (secondary N) is 1. The highest BCUT2D eigenvalue weighted by Crippen LogP contribution is 2.36. The second-order valence-electron chi connectivity index (χ2n) is 6.43. The Bertz CT molecular complexity index is 887. The van der Waals surface area contributed by atoms with Crippen molar-refractivity contribution >= 4 is 17.2 Å². The van der Waals surface area contributed by atoms with Gasteiger partial charge in [0.15, 0.2) is 5.82 Å². The van der Waals surface area contributed by atoms with Gasteiger partial charge < -0.3 is 14.6 Å². The Hall–Kier alpha value is -2.67. The number of aromatic nitrogens is 2. The zero-order chi connectivity index (χ0) is 19.2. The Kier molecular flexibility index (Phi) is 6.24. The molecule has 0 aliphatic heterocycles. The molecule has 0 fully saturated rings. The van der Waals surface area contributed by atoms with Crippen molar-refractivity contribution in [2.45, 2.75) is 32.6 Å². The predicted molar refractivity (Wildman–Crippen MR) is 105 cm³/mol. The normalized spacial score (nSPS) is 11.0. The Balaban J connectivity index is 1.56. The fourth-order valence-corrected chi connectivity index (χ4v) is 3.60. The maximum absolute atomic E-state index is 12.5. The molecule has 1 aromatic carbocycles. The molecule has 3 aromatic rings. The summed E-state index contributed by atoms with van der Waals surface area (Å²) in [5.74, 6) is 2.02. The van der Waals surface area contributed by atoms with Gasteiger partial charge in [0.2, 0.25) is 5.89 Å². The minimum atomic E-state index is -0.132. The number of hydrogen-bond donors (Lipinski definition) is 1. The van der Waals surface area contributed by atoms with Gasteiger partial charge in [-0.3, -0.25) is 4.79 Å². The number of benzene rings is 1. The Labute approximate surface area is 162 Å². The molecule has 0 radical (unpaired) electrons. The molecular weight excluding hydrogens is 362 g/mol. The Morgan fingerprint density at radius 2 is 2.07 bits per heavy atom. The lowest BCUT2D eigenvalue weighted by molar-refractivity contribution is 0.0954. The molecule has 0 atom stereocenters. The van der Waals surface area contributed by atoms with Gasteiger partial charge in [-0.25, -0.2) is 0 Å². The summed E-state index contributed by atoms with van der Waals surface area (Å²) in [5, 5.41) is 6.88. The third-order valence-corrected chi connectivity index (χ3v) is 5.20. The number of nitrogens with zero attached hydrogens (tertiary/aromatic N) is 2. The molecule has 1 amide bonds. The van der Waals surface area contributed by atoms with E-state index in [-0.39, 0.29) is 11.8 Å². The SMILES string of the molecule is COc1cc(-c2ccccc2)sc1C(=O)NCCCc1nc(C(C)C)no1. The zero-order valence-corrected chi connectivity index (χ0v) is 16.5. The van der Waals surface area contributed by atoms with Gasteiger partial charge in [0.1, 0.15) is 10.6 Å². The fraction of sp³-hybridized carbons (Fsp3) is 0.350. The van der Waals surface area contributed by atoms with Crippen LogP contribution >= 0.6 is 11.3 Å². The largest absolute Gasteiger partial charge is 0.495 e. The number of ether oxygens (including phenoxy) is 1. The van der Waals surface area contributed by atoms with Gasteiger partial charge in [0.05, 0.1) is 7.11 Å². The molecule has 0 aliphatic carbocycles. The van der Waals surface area contributed by atoms with E-state index in [9.17, 15) is 4.79 Å². The number of amides is 1. The van der Waals surface area contributed by atoms with Crippen molar-refractivity contribution in [2.75, 3.05) is 13.7 Å². The summed E-state index contributed by atoms with van der Waals surface area (Å²) in [6.45, 7) is 4.57. The molecule has 0 aliphatic rings. The van der Waals surface area contributed by atoms with E-state index < -0.39 is 0 Å². The number of carbonyl (C=O) groups is 1. The summed E-state index contributed by atoms with van der Waals surface area (Å²) in [6.07, 6.45) is 1.36. The first-order chi connectivity index (χ1) is 13.1. The quantitative estimate of drug-likeness (QED) is 0.585. The summed E-state index contributed by atoms with van der Waals surface area (Å²) in [6, 6.07) is 11.9. The minimum Gasteiger partial charge on any atom is -0.495 e. The third kappa shape index (κ3) is 4.74. The summed E-state index contributed by atoms with van der Waals surface area (Å²) in [5.41, 5.74) is 1.07. The number of carbonyl (C=O) groups excluding carboxylic acids is 1. The van der Waals surface area contributed by atoms with Crippen LogP contribution in [0.1, 0.15) is 47.6 Å². The molecule has 0 bridgehead atoms. The van der Waals surface area contributed by atoms with Gasteiger partial charge in [-0.1, -0.05) is 49.3 Å². The monoisotopic (exact) mass is 385 g/mol. The van der Waals surface area contributed by atoms with Gasteiger partial charge >= 0.3 is 0 Å². The van der Waals surface area contributed by atoms with Crippen LogP contribution in [-0.4, -0.2) is 29.7 Å². The van der Waals surface area contributed by atoms with Gasteiger partial charge in [-0.05, 0) is 18.1 Å². The maximum atomic E-state index is 12.5. The molecule has 0 saturated carbocycles. The smallest absolute Gasteiger partial charge is 0.265 e. The van der Waals surface area contributed by atoms with E-state index in [1.165, 1.54) is 11.3 Å². The molecule has 2 heterocycles. The van der Waals surface area contributed by atoms with Crippen molar-refractivity contribution in [2.24, 2.45) is 0 Å². The summed E-state index contributed by atoms with van der Waals surface area (Å²) in [4.78, 5) is 18.5. The third-order valence-electron chi connectivity index (χ3n) is 4.04. The van der Waals surface area contributed by atoms with Crippen LogP contribution < -0.4 is 10.1 Å². The first-order valence-corrected chi connectivity index (χ1v) is 9.74. The second-order valence-corrected chi connectivity index (χ2v) is 7.49. The maximum Gasteiger partial charge on any atom is 0.265 e. The van der Waals surface area contributed by atoms with Crippen molar-refractivity contribution in [3.05, 3.63) is 53.0 Å². The molecule has 0 spiro atoms. The Morgan fingerprint density at radius 1 is 1.30 bits per heavy atom. The first-order valence-electron chi connectivity index (χ1n) is 8.92. The van der Waals surface area contributed by atoms with Crippen LogP contribution in [-0.2, 0) is 6.42 Å². The number of thiophene rings is 1. The summed E-state index contributed by atoms with van der Waals surface area (Å²) >= 11 is 1.43. The molecule has 1 N–H and O–H groups in total. The van der Waals surface area contributed by atoms with Crippen LogP contribution in [0, 0.1) is 0 Å². The molecule has 142 valence electrons. The number of rotatable bonds is 8. The Morgan fingerprint density at radius 3 is 2.74 bits per heavy atom. The fourth-order valence-electron chi connectivity index (χ4n) is 2.55. The summed E-state index contributed by atoms with van der Waals surface area (Å²) in [7, 11) is 1.58. The van der Waals surface area contributed by atoms with Crippen LogP contribution in [0.2, 0.25) is 0 Å². The first kappa shape index (κ1) is 19.1. The van der Waals surface area contributed by atoms with E-state index in [2.05, 4.69) is 15.5 Å². The van der Waals surface area contributed by atoms with Crippen molar-refractivity contribution in [1.82, 2.24) is 15.5 Å². The van der Waals surface area contributed by atoms with Gasteiger partial charge in [0.25, 0.3) is 5.91 Å². The molecule has 0 unspecified atom stereocenters. The average Bonchev–Trinajstić information content (AvgIpc) is 3.33. The highest BCUT2D eigenvalue weighted by atomic mass is 32.1. The summed E-state index contributed by atoms with van der Waals surface area (Å²) < 4.78 is 10.6. The molecule has 2 aromatic heterocycles.